The maximum Gasteiger partial charge on any atom is 0.312 e. The smallest absolute Gasteiger partial charge is 0.312 e. The van der Waals surface area contributed by atoms with E-state index >= 15 is 0 Å². The topological polar surface area (TPSA) is 120 Å². The summed E-state index contributed by atoms with van der Waals surface area (Å²) in [5.41, 5.74) is 1.47. The van der Waals surface area contributed by atoms with E-state index in [9.17, 15) is 22.8 Å². The molecule has 0 radical (unpaired) electrons. The number of nitrogens with zero attached hydrogens (tertiary/aromatic N) is 2. The lowest BCUT2D eigenvalue weighted by molar-refractivity contribution is -0.147. The molecule has 154 valence electrons. The zero-order valence-electron chi connectivity index (χ0n) is 15.8. The van der Waals surface area contributed by atoms with E-state index in [0.717, 1.165) is 10.9 Å². The van der Waals surface area contributed by atoms with Crippen molar-refractivity contribution in [3.05, 3.63) is 36.0 Å². The highest BCUT2D eigenvalue weighted by Gasteiger charge is 2.33. The summed E-state index contributed by atoms with van der Waals surface area (Å²) in [4.78, 5) is 43.6. The van der Waals surface area contributed by atoms with Gasteiger partial charge in [0.2, 0.25) is 0 Å². The van der Waals surface area contributed by atoms with Crippen molar-refractivity contribution in [1.29, 1.82) is 0 Å². The number of piperazine rings is 1. The van der Waals surface area contributed by atoms with Gasteiger partial charge in [0, 0.05) is 49.3 Å². The fourth-order valence-corrected chi connectivity index (χ4v) is 5.50. The number of sulfone groups is 1. The van der Waals surface area contributed by atoms with Crippen LogP contribution in [0.4, 0.5) is 0 Å². The highest BCUT2D eigenvalue weighted by molar-refractivity contribution is 7.91. The fraction of sp³-hybridized carbons (Fsp3) is 0.421. The molecule has 2 saturated heterocycles. The van der Waals surface area contributed by atoms with Crippen LogP contribution in [0.5, 0.6) is 0 Å². The fourth-order valence-electron chi connectivity index (χ4n) is 3.83. The van der Waals surface area contributed by atoms with Gasteiger partial charge in [-0.3, -0.25) is 14.4 Å². The second kappa shape index (κ2) is 7.51. The van der Waals surface area contributed by atoms with Crippen LogP contribution in [0, 0.1) is 0 Å². The Hall–Kier alpha value is -2.88. The van der Waals surface area contributed by atoms with E-state index in [0.29, 0.717) is 25.1 Å². The van der Waals surface area contributed by atoms with Crippen LogP contribution in [-0.4, -0.2) is 84.6 Å². The number of amides is 3. The van der Waals surface area contributed by atoms with Crippen LogP contribution in [0.3, 0.4) is 0 Å². The molecule has 2 aliphatic rings. The van der Waals surface area contributed by atoms with Gasteiger partial charge in [0.15, 0.2) is 9.84 Å². The van der Waals surface area contributed by atoms with Crippen molar-refractivity contribution in [2.75, 3.05) is 37.7 Å². The van der Waals surface area contributed by atoms with Crippen LogP contribution in [0.25, 0.3) is 10.9 Å². The van der Waals surface area contributed by atoms with Gasteiger partial charge >= 0.3 is 11.8 Å². The summed E-state index contributed by atoms with van der Waals surface area (Å²) in [6.07, 6.45) is 2.02. The Balaban J connectivity index is 1.33. The first-order valence-corrected chi connectivity index (χ1v) is 11.3. The SMILES string of the molecule is O=C(N[C@@H]1CCS(=O)(=O)C1)C(=O)N1CCN(C(=O)c2c[nH]c3ccccc23)CC1. The van der Waals surface area contributed by atoms with Gasteiger partial charge in [-0.2, -0.15) is 0 Å². The lowest BCUT2D eigenvalue weighted by Gasteiger charge is -2.34. The Bertz CT molecular complexity index is 1070. The predicted octanol–water partition coefficient (Wildman–Crippen LogP) is -0.244. The average Bonchev–Trinajstić information content (AvgIpc) is 3.29. The Morgan fingerprint density at radius 2 is 1.72 bits per heavy atom. The number of carbonyl (C=O) groups is 3. The molecule has 1 aromatic heterocycles. The molecule has 29 heavy (non-hydrogen) atoms. The summed E-state index contributed by atoms with van der Waals surface area (Å²) in [5, 5.41) is 3.36. The number of carbonyl (C=O) groups excluding carboxylic acids is 3. The summed E-state index contributed by atoms with van der Waals surface area (Å²) < 4.78 is 23.0. The molecule has 2 N–H and O–H groups in total. The van der Waals surface area contributed by atoms with Gasteiger partial charge in [0.1, 0.15) is 0 Å². The molecule has 0 saturated carbocycles. The number of aromatic amines is 1. The van der Waals surface area contributed by atoms with Gasteiger partial charge in [0.25, 0.3) is 5.91 Å². The first-order chi connectivity index (χ1) is 13.8. The van der Waals surface area contributed by atoms with Crippen molar-refractivity contribution in [3.8, 4) is 0 Å². The molecular formula is C19H22N4O5S. The number of nitrogens with one attached hydrogen (secondary N) is 2. The first kappa shape index (κ1) is 19.4. The van der Waals surface area contributed by atoms with E-state index in [2.05, 4.69) is 10.3 Å². The molecule has 2 aliphatic heterocycles. The van der Waals surface area contributed by atoms with Gasteiger partial charge in [-0.05, 0) is 12.5 Å². The molecular weight excluding hydrogens is 396 g/mol. The highest BCUT2D eigenvalue weighted by Crippen LogP contribution is 2.20. The number of aromatic nitrogens is 1. The third kappa shape index (κ3) is 3.98. The first-order valence-electron chi connectivity index (χ1n) is 9.50. The largest absolute Gasteiger partial charge is 0.360 e. The number of hydrogen-bond acceptors (Lipinski definition) is 5. The third-order valence-corrected chi connectivity index (χ3v) is 7.20. The van der Waals surface area contributed by atoms with Crippen molar-refractivity contribution in [2.45, 2.75) is 12.5 Å². The Morgan fingerprint density at radius 1 is 1.03 bits per heavy atom. The van der Waals surface area contributed by atoms with Crippen LogP contribution in [0.2, 0.25) is 0 Å². The minimum atomic E-state index is -3.13. The van der Waals surface area contributed by atoms with E-state index in [4.69, 9.17) is 0 Å². The number of fused-ring (bicyclic) bond motifs is 1. The van der Waals surface area contributed by atoms with Crippen molar-refractivity contribution >= 4 is 38.5 Å². The van der Waals surface area contributed by atoms with Crippen LogP contribution in [-0.2, 0) is 19.4 Å². The molecule has 10 heteroatoms. The molecule has 0 aliphatic carbocycles. The summed E-state index contributed by atoms with van der Waals surface area (Å²) in [7, 11) is -3.13. The summed E-state index contributed by atoms with van der Waals surface area (Å²) in [6, 6.07) is 7.03. The van der Waals surface area contributed by atoms with Crippen LogP contribution >= 0.6 is 0 Å². The van der Waals surface area contributed by atoms with E-state index in [1.807, 2.05) is 24.3 Å². The van der Waals surface area contributed by atoms with Crippen molar-refractivity contribution in [3.63, 3.8) is 0 Å². The molecule has 0 spiro atoms. The number of benzene rings is 1. The standard InChI is InChI=1S/C19H22N4O5S/c24-17(21-13-5-10-29(27,28)12-13)19(26)23-8-6-22(7-9-23)18(25)15-11-20-16-4-2-1-3-14(15)16/h1-4,11,13,20H,5-10,12H2,(H,21,24)/t13-/m1/s1. The molecule has 1 aromatic carbocycles. The zero-order chi connectivity index (χ0) is 20.6. The number of para-hydroxylation sites is 1. The number of hydrogen-bond donors (Lipinski definition) is 2. The zero-order valence-corrected chi connectivity index (χ0v) is 16.6. The third-order valence-electron chi connectivity index (χ3n) is 5.44. The van der Waals surface area contributed by atoms with Crippen LogP contribution in [0.15, 0.2) is 30.5 Å². The lowest BCUT2D eigenvalue weighted by atomic mass is 10.1. The molecule has 9 nitrogen and oxygen atoms in total. The van der Waals surface area contributed by atoms with E-state index in [-0.39, 0.29) is 30.5 Å². The minimum Gasteiger partial charge on any atom is -0.360 e. The minimum absolute atomic E-state index is 0.0285. The second-order valence-corrected chi connectivity index (χ2v) is 9.63. The Labute approximate surface area is 168 Å². The molecule has 1 atom stereocenters. The van der Waals surface area contributed by atoms with E-state index in [1.165, 1.54) is 4.90 Å². The molecule has 4 rings (SSSR count). The molecule has 2 aromatic rings. The second-order valence-electron chi connectivity index (χ2n) is 7.41. The molecule has 0 bridgehead atoms. The van der Waals surface area contributed by atoms with Crippen LogP contribution < -0.4 is 5.32 Å². The Kier molecular flexibility index (Phi) is 5.03. The molecule has 3 amide bonds. The molecule has 2 fully saturated rings. The highest BCUT2D eigenvalue weighted by atomic mass is 32.2. The normalized spacial score (nSPS) is 21.3. The van der Waals surface area contributed by atoms with Gasteiger partial charge in [-0.1, -0.05) is 18.2 Å². The number of rotatable bonds is 2. The maximum absolute atomic E-state index is 12.8. The van der Waals surface area contributed by atoms with Gasteiger partial charge in [-0.15, -0.1) is 0 Å². The van der Waals surface area contributed by atoms with Crippen molar-refractivity contribution in [2.24, 2.45) is 0 Å². The molecule has 3 heterocycles. The van der Waals surface area contributed by atoms with Crippen molar-refractivity contribution in [1.82, 2.24) is 20.1 Å². The molecule has 0 unspecified atom stereocenters. The van der Waals surface area contributed by atoms with E-state index in [1.54, 1.807) is 11.1 Å². The lowest BCUT2D eigenvalue weighted by Crippen LogP contribution is -2.54. The van der Waals surface area contributed by atoms with Crippen molar-refractivity contribution < 1.29 is 22.8 Å². The van der Waals surface area contributed by atoms with Gasteiger partial charge in [0.05, 0.1) is 17.1 Å². The van der Waals surface area contributed by atoms with Crippen LogP contribution in [0.1, 0.15) is 16.8 Å². The Morgan fingerprint density at radius 3 is 2.41 bits per heavy atom. The quantitative estimate of drug-likeness (QED) is 0.652. The average molecular weight is 418 g/mol. The van der Waals surface area contributed by atoms with Gasteiger partial charge < -0.3 is 20.1 Å². The van der Waals surface area contributed by atoms with E-state index < -0.39 is 27.7 Å². The maximum atomic E-state index is 12.8. The summed E-state index contributed by atoms with van der Waals surface area (Å²) >= 11 is 0. The predicted molar refractivity (Wildman–Crippen MR) is 106 cm³/mol. The number of H-pyrrole nitrogens is 1. The van der Waals surface area contributed by atoms with Gasteiger partial charge in [-0.25, -0.2) is 8.42 Å². The summed E-state index contributed by atoms with van der Waals surface area (Å²) in [6.45, 7) is 1.16. The monoisotopic (exact) mass is 418 g/mol. The summed E-state index contributed by atoms with van der Waals surface area (Å²) in [5.74, 6) is -1.69.